The Labute approximate surface area is 108 Å². The Hall–Kier alpha value is -1.89. The van der Waals surface area contributed by atoms with Gasteiger partial charge in [-0.2, -0.15) is 0 Å². The van der Waals surface area contributed by atoms with E-state index in [0.29, 0.717) is 18.9 Å². The third-order valence-corrected chi connectivity index (χ3v) is 2.77. The summed E-state index contributed by atoms with van der Waals surface area (Å²) in [7, 11) is 0. The van der Waals surface area contributed by atoms with Crippen molar-refractivity contribution >= 4 is 29.3 Å². The summed E-state index contributed by atoms with van der Waals surface area (Å²) in [5.41, 5.74) is 0. The van der Waals surface area contributed by atoms with Crippen molar-refractivity contribution in [2.45, 2.75) is 12.5 Å². The molecule has 0 bridgehead atoms. The van der Waals surface area contributed by atoms with Crippen LogP contribution in [0.15, 0.2) is 12.4 Å². The molecule has 96 valence electrons. The van der Waals surface area contributed by atoms with E-state index in [1.54, 1.807) is 4.90 Å². The Morgan fingerprint density at radius 1 is 1.61 bits per heavy atom. The normalized spacial score (nSPS) is 19.5. The average Bonchev–Trinajstić information content (AvgIpc) is 2.31. The minimum absolute atomic E-state index is 0.201. The van der Waals surface area contributed by atoms with Gasteiger partial charge in [-0.15, -0.1) is 0 Å². The average molecular weight is 271 g/mol. The van der Waals surface area contributed by atoms with Crippen molar-refractivity contribution in [3.05, 3.63) is 17.5 Å². The zero-order valence-electron chi connectivity index (χ0n) is 9.34. The lowest BCUT2D eigenvalue weighted by atomic mass is 10.1. The highest BCUT2D eigenvalue weighted by Gasteiger charge is 2.32. The minimum atomic E-state index is -1.04. The van der Waals surface area contributed by atoms with Gasteiger partial charge in [0.2, 0.25) is 5.91 Å². The monoisotopic (exact) mass is 270 g/mol. The van der Waals surface area contributed by atoms with Crippen molar-refractivity contribution in [2.24, 2.45) is 0 Å². The van der Waals surface area contributed by atoms with Gasteiger partial charge in [0.1, 0.15) is 17.0 Å². The molecule has 0 aromatic carbocycles. The van der Waals surface area contributed by atoms with Crippen LogP contribution in [-0.4, -0.2) is 46.1 Å². The first-order chi connectivity index (χ1) is 8.58. The largest absolute Gasteiger partial charge is 0.481 e. The fourth-order valence-electron chi connectivity index (χ4n) is 1.83. The third-order valence-electron chi connectivity index (χ3n) is 2.59. The maximum Gasteiger partial charge on any atom is 0.305 e. The summed E-state index contributed by atoms with van der Waals surface area (Å²) in [5.74, 6) is -0.967. The molecule has 2 heterocycles. The molecule has 2 rings (SSSR count). The zero-order chi connectivity index (χ0) is 13.1. The number of aromatic nitrogens is 2. The van der Waals surface area contributed by atoms with Gasteiger partial charge in [0.05, 0.1) is 18.8 Å². The van der Waals surface area contributed by atoms with Crippen LogP contribution in [0.3, 0.4) is 0 Å². The van der Waals surface area contributed by atoms with Crippen LogP contribution in [0.25, 0.3) is 0 Å². The SMILES string of the molecule is O=C(O)CC1C(=O)NCCN1c1cncc(Cl)n1. The molecule has 1 atom stereocenters. The molecule has 0 spiro atoms. The van der Waals surface area contributed by atoms with Crippen LogP contribution in [0, 0.1) is 0 Å². The van der Waals surface area contributed by atoms with Gasteiger partial charge in [0.15, 0.2) is 0 Å². The van der Waals surface area contributed by atoms with Crippen molar-refractivity contribution in [3.63, 3.8) is 0 Å². The fourth-order valence-corrected chi connectivity index (χ4v) is 1.97. The second-order valence-electron chi connectivity index (χ2n) is 3.80. The van der Waals surface area contributed by atoms with Crippen LogP contribution in [-0.2, 0) is 9.59 Å². The molecule has 1 unspecified atom stereocenters. The molecular formula is C10H11ClN4O3. The molecule has 1 saturated heterocycles. The number of piperazine rings is 1. The number of hydrogen-bond donors (Lipinski definition) is 2. The Morgan fingerprint density at radius 3 is 3.06 bits per heavy atom. The van der Waals surface area contributed by atoms with E-state index >= 15 is 0 Å². The van der Waals surface area contributed by atoms with Gasteiger partial charge in [-0.25, -0.2) is 4.98 Å². The molecule has 0 saturated carbocycles. The first-order valence-electron chi connectivity index (χ1n) is 5.31. The number of carbonyl (C=O) groups is 2. The summed E-state index contributed by atoms with van der Waals surface area (Å²) in [4.78, 5) is 32.0. The zero-order valence-corrected chi connectivity index (χ0v) is 10.1. The minimum Gasteiger partial charge on any atom is -0.481 e. The standard InChI is InChI=1S/C10H11ClN4O3/c11-7-4-12-5-8(14-7)15-2-1-13-10(18)6(15)3-9(16)17/h4-6H,1-3H2,(H,13,18)(H,16,17). The Morgan fingerprint density at radius 2 is 2.39 bits per heavy atom. The van der Waals surface area contributed by atoms with Gasteiger partial charge in [-0.05, 0) is 0 Å². The second kappa shape index (κ2) is 5.18. The van der Waals surface area contributed by atoms with Crippen molar-refractivity contribution in [1.29, 1.82) is 0 Å². The molecule has 1 aliphatic rings. The third kappa shape index (κ3) is 2.67. The van der Waals surface area contributed by atoms with Crippen LogP contribution >= 0.6 is 11.6 Å². The van der Waals surface area contributed by atoms with Crippen molar-refractivity contribution in [1.82, 2.24) is 15.3 Å². The lowest BCUT2D eigenvalue weighted by Crippen LogP contribution is -2.56. The van der Waals surface area contributed by atoms with Gasteiger partial charge in [-0.3, -0.25) is 14.6 Å². The van der Waals surface area contributed by atoms with Crippen LogP contribution < -0.4 is 10.2 Å². The van der Waals surface area contributed by atoms with E-state index in [-0.39, 0.29) is 17.5 Å². The first-order valence-corrected chi connectivity index (χ1v) is 5.69. The van der Waals surface area contributed by atoms with E-state index < -0.39 is 12.0 Å². The number of halogens is 1. The van der Waals surface area contributed by atoms with Crippen LogP contribution in [0.1, 0.15) is 6.42 Å². The van der Waals surface area contributed by atoms with Crippen LogP contribution in [0.4, 0.5) is 5.82 Å². The Balaban J connectivity index is 2.27. The molecule has 1 aromatic rings. The Bertz CT molecular complexity index is 482. The smallest absolute Gasteiger partial charge is 0.305 e. The summed E-state index contributed by atoms with van der Waals surface area (Å²) in [6.07, 6.45) is 2.54. The number of nitrogens with one attached hydrogen (secondary N) is 1. The highest BCUT2D eigenvalue weighted by Crippen LogP contribution is 2.19. The second-order valence-corrected chi connectivity index (χ2v) is 4.19. The van der Waals surface area contributed by atoms with Gasteiger partial charge >= 0.3 is 5.97 Å². The number of carbonyl (C=O) groups excluding carboxylic acids is 1. The molecule has 18 heavy (non-hydrogen) atoms. The van der Waals surface area contributed by atoms with Gasteiger partial charge in [-0.1, -0.05) is 11.6 Å². The number of hydrogen-bond acceptors (Lipinski definition) is 5. The van der Waals surface area contributed by atoms with Crippen molar-refractivity contribution < 1.29 is 14.7 Å². The lowest BCUT2D eigenvalue weighted by Gasteiger charge is -2.34. The molecule has 0 radical (unpaired) electrons. The summed E-state index contributed by atoms with van der Waals surface area (Å²) < 4.78 is 0. The molecule has 2 N–H and O–H groups in total. The van der Waals surface area contributed by atoms with E-state index in [9.17, 15) is 9.59 Å². The molecule has 0 aliphatic carbocycles. The number of aliphatic carboxylic acids is 1. The molecule has 1 aromatic heterocycles. The predicted octanol–water partition coefficient (Wildman–Crippen LogP) is -0.0905. The van der Waals surface area contributed by atoms with Crippen LogP contribution in [0.2, 0.25) is 5.15 Å². The van der Waals surface area contributed by atoms with Crippen LogP contribution in [0.5, 0.6) is 0 Å². The topological polar surface area (TPSA) is 95.4 Å². The van der Waals surface area contributed by atoms with E-state index in [1.807, 2.05) is 0 Å². The van der Waals surface area contributed by atoms with Gasteiger partial charge in [0.25, 0.3) is 0 Å². The van der Waals surface area contributed by atoms with Gasteiger partial charge in [0, 0.05) is 13.1 Å². The van der Waals surface area contributed by atoms with E-state index in [1.165, 1.54) is 12.4 Å². The maximum absolute atomic E-state index is 11.7. The summed E-state index contributed by atoms with van der Waals surface area (Å²) in [6, 6.07) is -0.788. The maximum atomic E-state index is 11.7. The van der Waals surface area contributed by atoms with Crippen molar-refractivity contribution in [2.75, 3.05) is 18.0 Å². The van der Waals surface area contributed by atoms with E-state index in [2.05, 4.69) is 15.3 Å². The Kier molecular flexibility index (Phi) is 3.61. The highest BCUT2D eigenvalue weighted by molar-refractivity contribution is 6.29. The van der Waals surface area contributed by atoms with Crippen molar-refractivity contribution in [3.8, 4) is 0 Å². The number of amides is 1. The molecule has 1 amide bonds. The molecular weight excluding hydrogens is 260 g/mol. The number of carboxylic acids is 1. The fraction of sp³-hybridized carbons (Fsp3) is 0.400. The first kappa shape index (κ1) is 12.6. The van der Waals surface area contributed by atoms with E-state index in [4.69, 9.17) is 16.7 Å². The summed E-state index contributed by atoms with van der Waals surface area (Å²) in [6.45, 7) is 0.905. The number of anilines is 1. The predicted molar refractivity (Wildman–Crippen MR) is 63.4 cm³/mol. The molecule has 7 nitrogen and oxygen atoms in total. The lowest BCUT2D eigenvalue weighted by molar-refractivity contribution is -0.139. The van der Waals surface area contributed by atoms with Gasteiger partial charge < -0.3 is 15.3 Å². The quantitative estimate of drug-likeness (QED) is 0.797. The molecule has 8 heteroatoms. The number of rotatable bonds is 3. The van der Waals surface area contributed by atoms with E-state index in [0.717, 1.165) is 0 Å². The molecule has 1 aliphatic heterocycles. The summed E-state index contributed by atoms with van der Waals surface area (Å²) >= 11 is 5.74. The number of nitrogens with zero attached hydrogens (tertiary/aromatic N) is 3. The molecule has 1 fully saturated rings. The highest BCUT2D eigenvalue weighted by atomic mass is 35.5. The number of carboxylic acid groups (broad SMARTS) is 1. The summed E-state index contributed by atoms with van der Waals surface area (Å²) in [5, 5.41) is 11.7.